The molecular formula is C16H15BF4N-. The van der Waals surface area contributed by atoms with Crippen LogP contribution in [0.25, 0.3) is 22.2 Å². The van der Waals surface area contributed by atoms with Gasteiger partial charge in [0.2, 0.25) is 0 Å². The molecule has 0 spiro atoms. The van der Waals surface area contributed by atoms with Gasteiger partial charge in [0.15, 0.2) is 0 Å². The SMILES string of the molecule is CCc1c(-c2ccccc2)[nH]c2ccccc12.F[B-](F)(F)F. The van der Waals surface area contributed by atoms with E-state index >= 15 is 0 Å². The van der Waals surface area contributed by atoms with Crippen LogP contribution in [0.4, 0.5) is 17.3 Å². The Bertz CT molecular complexity index is 729. The molecule has 1 aromatic heterocycles. The van der Waals surface area contributed by atoms with Crippen LogP contribution in [0.5, 0.6) is 0 Å². The number of aryl methyl sites for hydroxylation is 1. The zero-order valence-corrected chi connectivity index (χ0v) is 12.0. The smallest absolute Gasteiger partial charge is 0.418 e. The molecule has 0 aliphatic heterocycles. The molecule has 0 unspecified atom stereocenters. The van der Waals surface area contributed by atoms with E-state index in [4.69, 9.17) is 0 Å². The molecule has 1 heterocycles. The summed E-state index contributed by atoms with van der Waals surface area (Å²) in [6.07, 6.45) is 1.05. The third-order valence-corrected chi connectivity index (χ3v) is 3.23. The van der Waals surface area contributed by atoms with Crippen LogP contribution in [0.3, 0.4) is 0 Å². The second-order valence-corrected chi connectivity index (χ2v) is 4.74. The van der Waals surface area contributed by atoms with Crippen molar-refractivity contribution in [1.82, 2.24) is 4.98 Å². The van der Waals surface area contributed by atoms with Gasteiger partial charge in [-0.1, -0.05) is 55.5 Å². The molecule has 0 atom stereocenters. The van der Waals surface area contributed by atoms with Crippen molar-refractivity contribution in [3.63, 3.8) is 0 Å². The summed E-state index contributed by atoms with van der Waals surface area (Å²) in [5.41, 5.74) is 5.16. The third kappa shape index (κ3) is 4.13. The third-order valence-electron chi connectivity index (χ3n) is 3.23. The Kier molecular flexibility index (Phi) is 4.90. The number of aromatic nitrogens is 1. The maximum absolute atomic E-state index is 9.75. The van der Waals surface area contributed by atoms with Crippen molar-refractivity contribution in [1.29, 1.82) is 0 Å². The maximum Gasteiger partial charge on any atom is 0.673 e. The minimum absolute atomic E-state index is 1.05. The number of halogens is 4. The van der Waals surface area contributed by atoms with Crippen molar-refractivity contribution in [3.8, 4) is 11.3 Å². The first-order valence-corrected chi connectivity index (χ1v) is 6.92. The maximum atomic E-state index is 9.75. The largest absolute Gasteiger partial charge is 0.673 e. The first-order valence-electron chi connectivity index (χ1n) is 6.92. The number of para-hydroxylation sites is 1. The lowest BCUT2D eigenvalue weighted by atomic mass is 10.0. The Hall–Kier alpha value is -2.24. The molecule has 0 amide bonds. The van der Waals surface area contributed by atoms with Gasteiger partial charge in [0.1, 0.15) is 0 Å². The number of hydrogen-bond acceptors (Lipinski definition) is 0. The van der Waals surface area contributed by atoms with Crippen LogP contribution < -0.4 is 0 Å². The molecule has 0 aliphatic rings. The van der Waals surface area contributed by atoms with E-state index in [2.05, 4.69) is 66.5 Å². The van der Waals surface area contributed by atoms with Crippen molar-refractivity contribution >= 4 is 18.2 Å². The topological polar surface area (TPSA) is 15.8 Å². The molecular weight excluding hydrogens is 293 g/mol. The Morgan fingerprint density at radius 2 is 1.41 bits per heavy atom. The fourth-order valence-electron chi connectivity index (χ4n) is 2.42. The Morgan fingerprint density at radius 3 is 2.00 bits per heavy atom. The molecule has 3 aromatic rings. The summed E-state index contributed by atoms with van der Waals surface area (Å²) in [6, 6.07) is 19.0. The summed E-state index contributed by atoms with van der Waals surface area (Å²) < 4.78 is 39.0. The average molecular weight is 308 g/mol. The van der Waals surface area contributed by atoms with E-state index in [1.807, 2.05) is 0 Å². The number of rotatable bonds is 2. The van der Waals surface area contributed by atoms with Gasteiger partial charge >= 0.3 is 7.25 Å². The van der Waals surface area contributed by atoms with Crippen LogP contribution in [0.15, 0.2) is 54.6 Å². The van der Waals surface area contributed by atoms with Gasteiger partial charge < -0.3 is 22.2 Å². The molecule has 1 nitrogen and oxygen atoms in total. The molecule has 0 radical (unpaired) electrons. The van der Waals surface area contributed by atoms with Crippen molar-refractivity contribution < 1.29 is 17.3 Å². The number of H-pyrrole nitrogens is 1. The van der Waals surface area contributed by atoms with Gasteiger partial charge in [-0.2, -0.15) is 0 Å². The first-order chi connectivity index (χ1) is 10.4. The molecule has 116 valence electrons. The van der Waals surface area contributed by atoms with Crippen LogP contribution in [0.2, 0.25) is 0 Å². The van der Waals surface area contributed by atoms with Crippen molar-refractivity contribution in [2.75, 3.05) is 0 Å². The Morgan fingerprint density at radius 1 is 0.864 bits per heavy atom. The fourth-order valence-corrected chi connectivity index (χ4v) is 2.42. The van der Waals surface area contributed by atoms with Gasteiger partial charge in [0, 0.05) is 16.6 Å². The lowest BCUT2D eigenvalue weighted by Crippen LogP contribution is -2.02. The Labute approximate surface area is 126 Å². The molecule has 0 saturated carbocycles. The van der Waals surface area contributed by atoms with E-state index in [1.165, 1.54) is 27.7 Å². The van der Waals surface area contributed by atoms with E-state index in [-0.39, 0.29) is 0 Å². The number of hydrogen-bond donors (Lipinski definition) is 1. The van der Waals surface area contributed by atoms with Crippen LogP contribution in [-0.2, 0) is 6.42 Å². The molecule has 0 fully saturated rings. The molecule has 1 N–H and O–H groups in total. The van der Waals surface area contributed by atoms with Crippen LogP contribution >= 0.6 is 0 Å². The van der Waals surface area contributed by atoms with Gasteiger partial charge in [-0.3, -0.25) is 0 Å². The highest BCUT2D eigenvalue weighted by molar-refractivity contribution is 6.50. The number of benzene rings is 2. The van der Waals surface area contributed by atoms with Crippen LogP contribution in [0.1, 0.15) is 12.5 Å². The van der Waals surface area contributed by atoms with Crippen molar-refractivity contribution in [2.45, 2.75) is 13.3 Å². The highest BCUT2D eigenvalue weighted by atomic mass is 19.5. The predicted octanol–water partition coefficient (Wildman–Crippen LogP) is 5.70. The van der Waals surface area contributed by atoms with Gasteiger partial charge in [-0.15, -0.1) is 0 Å². The minimum Gasteiger partial charge on any atom is -0.418 e. The summed E-state index contributed by atoms with van der Waals surface area (Å²) in [7, 11) is -6.00. The number of nitrogens with one attached hydrogen (secondary N) is 1. The van der Waals surface area contributed by atoms with Crippen LogP contribution in [0, 0.1) is 0 Å². The van der Waals surface area contributed by atoms with Gasteiger partial charge in [-0.05, 0) is 23.6 Å². The van der Waals surface area contributed by atoms with Gasteiger partial charge in [0.05, 0.1) is 0 Å². The van der Waals surface area contributed by atoms with Crippen molar-refractivity contribution in [3.05, 3.63) is 60.2 Å². The molecule has 0 saturated heterocycles. The molecule has 2 aromatic carbocycles. The predicted molar refractivity (Wildman–Crippen MR) is 83.3 cm³/mol. The van der Waals surface area contributed by atoms with Gasteiger partial charge in [0.25, 0.3) is 0 Å². The highest BCUT2D eigenvalue weighted by Gasteiger charge is 2.20. The second-order valence-electron chi connectivity index (χ2n) is 4.74. The summed E-state index contributed by atoms with van der Waals surface area (Å²) >= 11 is 0. The summed E-state index contributed by atoms with van der Waals surface area (Å²) in [6.45, 7) is 2.21. The molecule has 0 bridgehead atoms. The quantitative estimate of drug-likeness (QED) is 0.462. The standard InChI is InChI=1S/C16H15N.BF4/c1-2-13-14-10-6-7-11-15(14)17-16(13)12-8-4-3-5-9-12;2-1(3,4)5/h3-11,17H,2H2,1H3;/q;-1. The number of aromatic amines is 1. The fraction of sp³-hybridized carbons (Fsp3) is 0.125. The Balaban J connectivity index is 0.000000309. The average Bonchev–Trinajstić information content (AvgIpc) is 2.85. The van der Waals surface area contributed by atoms with E-state index in [9.17, 15) is 17.3 Å². The normalized spacial score (nSPS) is 11.1. The molecule has 0 aliphatic carbocycles. The first kappa shape index (κ1) is 16.1. The van der Waals surface area contributed by atoms with Gasteiger partial charge in [-0.25, -0.2) is 0 Å². The summed E-state index contributed by atoms with van der Waals surface area (Å²) in [5, 5.41) is 1.34. The number of fused-ring (bicyclic) bond motifs is 1. The monoisotopic (exact) mass is 308 g/mol. The van der Waals surface area contributed by atoms with E-state index in [0.717, 1.165) is 6.42 Å². The minimum atomic E-state index is -6.00. The molecule has 22 heavy (non-hydrogen) atoms. The van der Waals surface area contributed by atoms with E-state index in [0.29, 0.717) is 0 Å². The van der Waals surface area contributed by atoms with E-state index in [1.54, 1.807) is 0 Å². The summed E-state index contributed by atoms with van der Waals surface area (Å²) in [4.78, 5) is 3.53. The lowest BCUT2D eigenvalue weighted by Gasteiger charge is -2.01. The highest BCUT2D eigenvalue weighted by Crippen LogP contribution is 2.30. The second kappa shape index (κ2) is 6.68. The van der Waals surface area contributed by atoms with Crippen LogP contribution in [-0.4, -0.2) is 12.2 Å². The lowest BCUT2D eigenvalue weighted by molar-refractivity contribution is 0.368. The summed E-state index contributed by atoms with van der Waals surface area (Å²) in [5.74, 6) is 0. The zero-order valence-electron chi connectivity index (χ0n) is 12.0. The molecule has 3 rings (SSSR count). The van der Waals surface area contributed by atoms with E-state index < -0.39 is 7.25 Å². The zero-order chi connectivity index (χ0) is 16.2. The molecule has 6 heteroatoms. The van der Waals surface area contributed by atoms with Crippen molar-refractivity contribution in [2.24, 2.45) is 0 Å².